The van der Waals surface area contributed by atoms with E-state index in [2.05, 4.69) is 9.88 Å². The number of fused-ring (bicyclic) bond motifs is 2. The third-order valence-electron chi connectivity index (χ3n) is 5.20. The Morgan fingerprint density at radius 1 is 1.06 bits per heavy atom. The van der Waals surface area contributed by atoms with E-state index in [4.69, 9.17) is 9.47 Å². The van der Waals surface area contributed by atoms with Crippen molar-refractivity contribution >= 4 is 32.6 Å². The second-order valence-electron chi connectivity index (χ2n) is 7.07. The van der Waals surface area contributed by atoms with E-state index in [0.717, 1.165) is 30.5 Å². The number of anilines is 1. The first-order valence-electron chi connectivity index (χ1n) is 10.2. The molecule has 0 saturated heterocycles. The summed E-state index contributed by atoms with van der Waals surface area (Å²) in [7, 11) is 0. The van der Waals surface area contributed by atoms with Crippen LogP contribution in [0.4, 0.5) is 13.9 Å². The van der Waals surface area contributed by atoms with Gasteiger partial charge in [-0.25, -0.2) is 13.8 Å². The predicted octanol–water partition coefficient (Wildman–Crippen LogP) is 4.33. The zero-order valence-corrected chi connectivity index (χ0v) is 18.2. The molecule has 2 heterocycles. The Morgan fingerprint density at radius 2 is 1.81 bits per heavy atom. The molecule has 0 radical (unpaired) electrons. The fourth-order valence-corrected chi connectivity index (χ4v) is 4.49. The average molecular weight is 448 g/mol. The number of carbonyl (C=O) groups excluding carboxylic acids is 1. The van der Waals surface area contributed by atoms with E-state index in [1.54, 1.807) is 18.2 Å². The van der Waals surface area contributed by atoms with Crippen molar-refractivity contribution in [3.63, 3.8) is 0 Å². The molecule has 6 nitrogen and oxygen atoms in total. The van der Waals surface area contributed by atoms with Crippen molar-refractivity contribution < 1.29 is 23.0 Å². The lowest BCUT2D eigenvalue weighted by Crippen LogP contribution is -2.39. The van der Waals surface area contributed by atoms with Crippen LogP contribution in [0.5, 0.6) is 11.5 Å². The van der Waals surface area contributed by atoms with E-state index in [0.29, 0.717) is 53.2 Å². The minimum Gasteiger partial charge on any atom is -0.486 e. The third kappa shape index (κ3) is 4.47. The lowest BCUT2D eigenvalue weighted by molar-refractivity contribution is 0.0982. The van der Waals surface area contributed by atoms with Crippen LogP contribution in [0.15, 0.2) is 30.3 Å². The van der Waals surface area contributed by atoms with Crippen molar-refractivity contribution in [1.82, 2.24) is 9.88 Å². The summed E-state index contributed by atoms with van der Waals surface area (Å²) < 4.78 is 39.4. The highest BCUT2D eigenvalue weighted by molar-refractivity contribution is 7.22. The largest absolute Gasteiger partial charge is 0.486 e. The molecule has 1 aromatic heterocycles. The number of aromatic nitrogens is 1. The summed E-state index contributed by atoms with van der Waals surface area (Å²) in [6.07, 6.45) is 0. The zero-order valence-electron chi connectivity index (χ0n) is 17.4. The molecular weight excluding hydrogens is 424 g/mol. The van der Waals surface area contributed by atoms with Crippen molar-refractivity contribution in [1.29, 1.82) is 0 Å². The molecule has 0 spiro atoms. The van der Waals surface area contributed by atoms with Gasteiger partial charge in [0.25, 0.3) is 5.91 Å². The Hall–Kier alpha value is -2.78. The number of halogens is 2. The Balaban J connectivity index is 1.70. The Morgan fingerprint density at radius 3 is 2.55 bits per heavy atom. The molecule has 3 aromatic rings. The van der Waals surface area contributed by atoms with Crippen molar-refractivity contribution in [2.75, 3.05) is 44.3 Å². The monoisotopic (exact) mass is 447 g/mol. The lowest BCUT2D eigenvalue weighted by Gasteiger charge is -2.25. The van der Waals surface area contributed by atoms with Crippen LogP contribution in [0.3, 0.4) is 0 Å². The number of amides is 1. The molecule has 9 heteroatoms. The molecular formula is C22H23F2N3O3S. The van der Waals surface area contributed by atoms with Gasteiger partial charge in [-0.05, 0) is 37.4 Å². The van der Waals surface area contributed by atoms with Gasteiger partial charge in [0.1, 0.15) is 24.5 Å². The molecule has 164 valence electrons. The van der Waals surface area contributed by atoms with Gasteiger partial charge in [-0.15, -0.1) is 0 Å². The van der Waals surface area contributed by atoms with E-state index in [1.807, 2.05) is 13.8 Å². The molecule has 0 bridgehead atoms. The number of nitrogens with zero attached hydrogens (tertiary/aromatic N) is 3. The minimum atomic E-state index is -0.743. The van der Waals surface area contributed by atoms with Gasteiger partial charge in [0.15, 0.2) is 22.4 Å². The van der Waals surface area contributed by atoms with Crippen LogP contribution >= 0.6 is 11.3 Å². The third-order valence-corrected chi connectivity index (χ3v) is 6.23. The minimum absolute atomic E-state index is 0.0595. The number of rotatable bonds is 7. The summed E-state index contributed by atoms with van der Waals surface area (Å²) in [5, 5.41) is 0.326. The predicted molar refractivity (Wildman–Crippen MR) is 116 cm³/mol. The molecule has 0 atom stereocenters. The second-order valence-corrected chi connectivity index (χ2v) is 8.08. The highest BCUT2D eigenvalue weighted by Gasteiger charge is 2.25. The maximum absolute atomic E-state index is 14.2. The summed E-state index contributed by atoms with van der Waals surface area (Å²) in [4.78, 5) is 21.5. The topological polar surface area (TPSA) is 54.9 Å². The summed E-state index contributed by atoms with van der Waals surface area (Å²) in [6, 6.07) is 7.06. The van der Waals surface area contributed by atoms with Crippen LogP contribution in [0.2, 0.25) is 0 Å². The van der Waals surface area contributed by atoms with Crippen LogP contribution in [-0.2, 0) is 0 Å². The van der Waals surface area contributed by atoms with Crippen LogP contribution in [0.1, 0.15) is 24.2 Å². The van der Waals surface area contributed by atoms with Gasteiger partial charge in [0.2, 0.25) is 0 Å². The van der Waals surface area contributed by atoms with Crippen LogP contribution in [-0.4, -0.2) is 55.2 Å². The van der Waals surface area contributed by atoms with Gasteiger partial charge < -0.3 is 14.4 Å². The molecule has 0 saturated carbocycles. The van der Waals surface area contributed by atoms with Gasteiger partial charge >= 0.3 is 0 Å². The molecule has 0 fully saturated rings. The van der Waals surface area contributed by atoms with Gasteiger partial charge in [-0.1, -0.05) is 25.2 Å². The first-order valence-corrected chi connectivity index (χ1v) is 11.0. The number of carbonyl (C=O) groups is 1. The Bertz CT molecular complexity index is 1100. The first-order chi connectivity index (χ1) is 15.0. The molecule has 0 unspecified atom stereocenters. The van der Waals surface area contributed by atoms with E-state index in [1.165, 1.54) is 11.0 Å². The van der Waals surface area contributed by atoms with Gasteiger partial charge in [-0.3, -0.25) is 9.69 Å². The van der Waals surface area contributed by atoms with E-state index in [9.17, 15) is 13.6 Å². The molecule has 4 rings (SSSR count). The average Bonchev–Trinajstić information content (AvgIpc) is 3.20. The molecule has 1 aliphatic rings. The summed E-state index contributed by atoms with van der Waals surface area (Å²) in [6.45, 7) is 7.63. The molecule has 1 aliphatic heterocycles. The van der Waals surface area contributed by atoms with Crippen LogP contribution in [0.25, 0.3) is 10.2 Å². The summed E-state index contributed by atoms with van der Waals surface area (Å²) in [5.41, 5.74) is 0.471. The normalized spacial score (nSPS) is 13.1. The van der Waals surface area contributed by atoms with E-state index < -0.39 is 11.6 Å². The Kier molecular flexibility index (Phi) is 6.33. The van der Waals surface area contributed by atoms with Crippen LogP contribution in [0, 0.1) is 11.6 Å². The number of hydrogen-bond acceptors (Lipinski definition) is 6. The van der Waals surface area contributed by atoms with Gasteiger partial charge in [0, 0.05) is 24.7 Å². The van der Waals surface area contributed by atoms with Crippen molar-refractivity contribution in [3.05, 3.63) is 47.5 Å². The Labute approximate surface area is 183 Å². The summed E-state index contributed by atoms with van der Waals surface area (Å²) >= 11 is 1.09. The fourth-order valence-electron chi connectivity index (χ4n) is 3.46. The lowest BCUT2D eigenvalue weighted by atomic mass is 10.1. The van der Waals surface area contributed by atoms with Crippen LogP contribution < -0.4 is 14.4 Å². The van der Waals surface area contributed by atoms with E-state index in [-0.39, 0.29) is 11.4 Å². The SMILES string of the molecule is CCN(CC)CCN(C(=O)c1ccc2c(c1)OCCO2)c1nc2c(F)cc(F)cc2s1. The quantitative estimate of drug-likeness (QED) is 0.540. The first kappa shape index (κ1) is 21.5. The van der Waals surface area contributed by atoms with Gasteiger partial charge in [0.05, 0.1) is 4.70 Å². The molecule has 1 amide bonds. The highest BCUT2D eigenvalue weighted by Crippen LogP contribution is 2.34. The number of benzene rings is 2. The van der Waals surface area contributed by atoms with Crippen molar-refractivity contribution in [2.24, 2.45) is 0 Å². The number of ether oxygens (including phenoxy) is 2. The van der Waals surface area contributed by atoms with E-state index >= 15 is 0 Å². The summed E-state index contributed by atoms with van der Waals surface area (Å²) in [5.74, 6) is -0.599. The second kappa shape index (κ2) is 9.15. The number of likely N-dealkylation sites (N-methyl/N-ethyl adjacent to an activating group) is 1. The maximum Gasteiger partial charge on any atom is 0.260 e. The molecule has 0 aliphatic carbocycles. The smallest absolute Gasteiger partial charge is 0.260 e. The number of hydrogen-bond donors (Lipinski definition) is 0. The number of thiazole rings is 1. The molecule has 2 aromatic carbocycles. The molecule has 31 heavy (non-hydrogen) atoms. The van der Waals surface area contributed by atoms with Crippen molar-refractivity contribution in [3.8, 4) is 11.5 Å². The maximum atomic E-state index is 14.2. The van der Waals surface area contributed by atoms with Crippen molar-refractivity contribution in [2.45, 2.75) is 13.8 Å². The molecule has 0 N–H and O–H groups in total. The highest BCUT2D eigenvalue weighted by atomic mass is 32.1. The standard InChI is InChI=1S/C22H23F2N3O3S/c1-3-26(4-2)7-8-27(22-25-20-16(24)12-15(23)13-19(20)31-22)21(28)14-5-6-17-18(11-14)30-10-9-29-17/h5-6,11-13H,3-4,7-10H2,1-2H3. The fraction of sp³-hybridized carbons (Fsp3) is 0.364. The zero-order chi connectivity index (χ0) is 22.0. The van der Waals surface area contributed by atoms with Gasteiger partial charge in [-0.2, -0.15) is 0 Å².